The summed E-state index contributed by atoms with van der Waals surface area (Å²) >= 11 is 0. The minimum Gasteiger partial charge on any atom is -0.478 e. The fraction of sp³-hybridized carbons (Fsp3) is 0.381. The summed E-state index contributed by atoms with van der Waals surface area (Å²) in [5.74, 6) is -0.691. The van der Waals surface area contributed by atoms with Crippen molar-refractivity contribution in [3.05, 3.63) is 64.5 Å². The Morgan fingerprint density at radius 2 is 1.81 bits per heavy atom. The first-order valence-corrected chi connectivity index (χ1v) is 8.97. The lowest BCUT2D eigenvalue weighted by molar-refractivity contribution is 0.0688. The zero-order valence-electron chi connectivity index (χ0n) is 15.4. The van der Waals surface area contributed by atoms with E-state index in [0.29, 0.717) is 23.9 Å². The highest BCUT2D eigenvalue weighted by Crippen LogP contribution is 2.30. The quantitative estimate of drug-likeness (QED) is 0.852. The van der Waals surface area contributed by atoms with Gasteiger partial charge in [-0.15, -0.1) is 0 Å². The molecular weight excluding hydrogens is 328 g/mol. The van der Waals surface area contributed by atoms with Crippen LogP contribution >= 0.6 is 0 Å². The fourth-order valence-corrected chi connectivity index (χ4v) is 3.01. The van der Waals surface area contributed by atoms with Gasteiger partial charge in [0.1, 0.15) is 5.69 Å². The van der Waals surface area contributed by atoms with E-state index >= 15 is 0 Å². The average Bonchev–Trinajstić information content (AvgIpc) is 3.44. The summed E-state index contributed by atoms with van der Waals surface area (Å²) in [7, 11) is 0. The molecule has 1 aromatic heterocycles. The van der Waals surface area contributed by atoms with Gasteiger partial charge in [-0.05, 0) is 48.9 Å². The number of pyridine rings is 1. The van der Waals surface area contributed by atoms with Gasteiger partial charge in [-0.2, -0.15) is 0 Å². The Bertz CT molecular complexity index is 824. The van der Waals surface area contributed by atoms with Gasteiger partial charge in [-0.3, -0.25) is 4.79 Å². The maximum Gasteiger partial charge on any atom is 0.337 e. The summed E-state index contributed by atoms with van der Waals surface area (Å²) in [4.78, 5) is 30.2. The summed E-state index contributed by atoms with van der Waals surface area (Å²) in [6.45, 7) is 6.48. The molecule has 5 heteroatoms. The van der Waals surface area contributed by atoms with Crippen molar-refractivity contribution >= 4 is 11.9 Å². The summed E-state index contributed by atoms with van der Waals surface area (Å²) in [5.41, 5.74) is 3.16. The summed E-state index contributed by atoms with van der Waals surface area (Å²) in [6, 6.07) is 11.6. The van der Waals surface area contributed by atoms with Crippen molar-refractivity contribution < 1.29 is 14.7 Å². The lowest BCUT2D eigenvalue weighted by Gasteiger charge is -2.23. The van der Waals surface area contributed by atoms with Crippen molar-refractivity contribution in [3.63, 3.8) is 0 Å². The normalized spacial score (nSPS) is 13.7. The highest BCUT2D eigenvalue weighted by atomic mass is 16.4. The van der Waals surface area contributed by atoms with Crippen LogP contribution in [0.2, 0.25) is 0 Å². The van der Waals surface area contributed by atoms with Crippen molar-refractivity contribution in [2.24, 2.45) is 0 Å². The van der Waals surface area contributed by atoms with Crippen LogP contribution in [0.5, 0.6) is 0 Å². The number of carbonyl (C=O) groups excluding carboxylic acids is 1. The van der Waals surface area contributed by atoms with E-state index < -0.39 is 5.97 Å². The number of rotatable bonds is 6. The van der Waals surface area contributed by atoms with Crippen molar-refractivity contribution in [1.29, 1.82) is 0 Å². The van der Waals surface area contributed by atoms with Crippen LogP contribution in [0.4, 0.5) is 0 Å². The van der Waals surface area contributed by atoms with E-state index in [0.717, 1.165) is 18.4 Å². The first kappa shape index (κ1) is 18.1. The molecule has 26 heavy (non-hydrogen) atoms. The van der Waals surface area contributed by atoms with E-state index in [2.05, 4.69) is 43.1 Å². The number of hydrogen-bond donors (Lipinski definition) is 1. The van der Waals surface area contributed by atoms with E-state index in [4.69, 9.17) is 5.11 Å². The topological polar surface area (TPSA) is 70.5 Å². The van der Waals surface area contributed by atoms with Gasteiger partial charge < -0.3 is 10.0 Å². The lowest BCUT2D eigenvalue weighted by atomic mass is 10.0. The number of nitrogens with zero attached hydrogens (tertiary/aromatic N) is 2. The smallest absolute Gasteiger partial charge is 0.337 e. The first-order chi connectivity index (χ1) is 12.4. The monoisotopic (exact) mass is 352 g/mol. The Kier molecular flexibility index (Phi) is 5.07. The van der Waals surface area contributed by atoms with E-state index in [1.807, 2.05) is 4.90 Å². The van der Waals surface area contributed by atoms with Crippen molar-refractivity contribution in [2.45, 2.75) is 52.1 Å². The SMILES string of the molecule is Cc1nc(C(=O)N(Cc2ccc(C(C)C)cc2)C2CC2)ccc1C(=O)O. The molecule has 0 radical (unpaired) electrons. The van der Waals surface area contributed by atoms with Gasteiger partial charge in [-0.1, -0.05) is 38.1 Å². The highest BCUT2D eigenvalue weighted by Gasteiger charge is 2.33. The molecule has 1 aromatic carbocycles. The maximum atomic E-state index is 13.0. The van der Waals surface area contributed by atoms with Gasteiger partial charge in [0.25, 0.3) is 5.91 Å². The Labute approximate surface area is 153 Å². The number of aromatic carboxylic acids is 1. The molecular formula is C21H24N2O3. The second-order valence-corrected chi connectivity index (χ2v) is 7.20. The van der Waals surface area contributed by atoms with Crippen LogP contribution in [0.25, 0.3) is 0 Å². The van der Waals surface area contributed by atoms with Crippen LogP contribution in [0.1, 0.15) is 70.3 Å². The largest absolute Gasteiger partial charge is 0.478 e. The second-order valence-electron chi connectivity index (χ2n) is 7.20. The summed E-state index contributed by atoms with van der Waals surface area (Å²) in [5, 5.41) is 9.12. The van der Waals surface area contributed by atoms with Gasteiger partial charge in [-0.25, -0.2) is 9.78 Å². The van der Waals surface area contributed by atoms with Crippen LogP contribution in [-0.2, 0) is 6.54 Å². The number of hydrogen-bond acceptors (Lipinski definition) is 3. The Balaban J connectivity index is 1.80. The zero-order chi connectivity index (χ0) is 18.8. The molecule has 0 atom stereocenters. The van der Waals surface area contributed by atoms with E-state index in [9.17, 15) is 9.59 Å². The van der Waals surface area contributed by atoms with Gasteiger partial charge in [0, 0.05) is 12.6 Å². The van der Waals surface area contributed by atoms with Crippen molar-refractivity contribution in [1.82, 2.24) is 9.88 Å². The number of aryl methyl sites for hydroxylation is 1. The molecule has 3 rings (SSSR count). The van der Waals surface area contributed by atoms with Crippen LogP contribution in [0, 0.1) is 6.92 Å². The minimum absolute atomic E-state index is 0.129. The molecule has 0 bridgehead atoms. The van der Waals surface area contributed by atoms with Gasteiger partial charge in [0.15, 0.2) is 0 Å². The average molecular weight is 352 g/mol. The third-order valence-corrected chi connectivity index (χ3v) is 4.78. The van der Waals surface area contributed by atoms with Crippen molar-refractivity contribution in [3.8, 4) is 0 Å². The van der Waals surface area contributed by atoms with Crippen molar-refractivity contribution in [2.75, 3.05) is 0 Å². The summed E-state index contributed by atoms with van der Waals surface area (Å²) in [6.07, 6.45) is 2.00. The number of carbonyl (C=O) groups is 2. The number of carboxylic acid groups (broad SMARTS) is 1. The van der Waals surface area contributed by atoms with Crippen LogP contribution < -0.4 is 0 Å². The van der Waals surface area contributed by atoms with E-state index in [1.54, 1.807) is 6.92 Å². The third-order valence-electron chi connectivity index (χ3n) is 4.78. The predicted molar refractivity (Wildman–Crippen MR) is 99.4 cm³/mol. The van der Waals surface area contributed by atoms with Crippen LogP contribution in [0.3, 0.4) is 0 Å². The maximum absolute atomic E-state index is 13.0. The van der Waals surface area contributed by atoms with Gasteiger partial charge >= 0.3 is 5.97 Å². The molecule has 1 aliphatic carbocycles. The molecule has 1 aliphatic rings. The van der Waals surface area contributed by atoms with Gasteiger partial charge in [0.05, 0.1) is 11.3 Å². The number of amides is 1. The first-order valence-electron chi connectivity index (χ1n) is 8.97. The number of carboxylic acids is 1. The number of aromatic nitrogens is 1. The molecule has 1 heterocycles. The molecule has 0 aliphatic heterocycles. The lowest BCUT2D eigenvalue weighted by Crippen LogP contribution is -2.33. The standard InChI is InChI=1S/C21H24N2O3/c1-13(2)16-6-4-15(5-7-16)12-23(17-8-9-17)20(24)19-11-10-18(21(25)26)14(3)22-19/h4-7,10-11,13,17H,8-9,12H2,1-3H3,(H,25,26). The predicted octanol–water partition coefficient (Wildman–Crippen LogP) is 4.02. The van der Waals surface area contributed by atoms with E-state index in [1.165, 1.54) is 17.7 Å². The van der Waals surface area contributed by atoms with Crippen LogP contribution in [0.15, 0.2) is 36.4 Å². The number of benzene rings is 1. The third kappa shape index (κ3) is 3.93. The molecule has 1 fully saturated rings. The molecule has 136 valence electrons. The second kappa shape index (κ2) is 7.28. The molecule has 2 aromatic rings. The van der Waals surface area contributed by atoms with Gasteiger partial charge in [0.2, 0.25) is 0 Å². The zero-order valence-corrected chi connectivity index (χ0v) is 15.4. The fourth-order valence-electron chi connectivity index (χ4n) is 3.01. The Hall–Kier alpha value is -2.69. The molecule has 0 unspecified atom stereocenters. The highest BCUT2D eigenvalue weighted by molar-refractivity contribution is 5.94. The summed E-state index contributed by atoms with van der Waals surface area (Å²) < 4.78 is 0. The minimum atomic E-state index is -1.03. The Morgan fingerprint density at radius 3 is 2.31 bits per heavy atom. The Morgan fingerprint density at radius 1 is 1.15 bits per heavy atom. The molecule has 1 amide bonds. The molecule has 0 saturated heterocycles. The molecule has 1 N–H and O–H groups in total. The van der Waals surface area contributed by atoms with Crippen LogP contribution in [-0.4, -0.2) is 32.9 Å². The molecule has 1 saturated carbocycles. The molecule has 0 spiro atoms. The van der Waals surface area contributed by atoms with E-state index in [-0.39, 0.29) is 17.5 Å². The molecule has 5 nitrogen and oxygen atoms in total.